The van der Waals surface area contributed by atoms with Gasteiger partial charge in [0.05, 0.1) is 27.8 Å². The van der Waals surface area contributed by atoms with E-state index in [0.29, 0.717) is 21.3 Å². The molecule has 0 bridgehead atoms. The number of aromatic nitrogens is 3. The van der Waals surface area contributed by atoms with Gasteiger partial charge < -0.3 is 9.88 Å². The highest BCUT2D eigenvalue weighted by molar-refractivity contribution is 7.17. The van der Waals surface area contributed by atoms with Crippen molar-refractivity contribution in [3.05, 3.63) is 98.1 Å². The predicted octanol–water partition coefficient (Wildman–Crippen LogP) is 3.98. The van der Waals surface area contributed by atoms with E-state index in [2.05, 4.69) is 10.3 Å². The van der Waals surface area contributed by atoms with Crippen molar-refractivity contribution in [3.63, 3.8) is 0 Å². The Labute approximate surface area is 176 Å². The van der Waals surface area contributed by atoms with Crippen LogP contribution in [0, 0.1) is 6.92 Å². The Balaban J connectivity index is 1.46. The normalized spacial score (nSPS) is 10.8. The first-order valence-corrected chi connectivity index (χ1v) is 10.1. The Bertz CT molecular complexity index is 1220. The molecule has 0 aliphatic rings. The zero-order valence-electron chi connectivity index (χ0n) is 15.5. The molecule has 4 aromatic rings. The maximum atomic E-state index is 12.3. The molecule has 0 aliphatic heterocycles. The molecule has 4 rings (SSSR count). The molecule has 0 saturated carbocycles. The summed E-state index contributed by atoms with van der Waals surface area (Å²) in [5, 5.41) is 2.83. The summed E-state index contributed by atoms with van der Waals surface area (Å²) in [6.07, 6.45) is 5.30. The van der Waals surface area contributed by atoms with Crippen LogP contribution in [0.2, 0.25) is 4.34 Å². The Morgan fingerprint density at radius 2 is 1.90 bits per heavy atom. The van der Waals surface area contributed by atoms with E-state index >= 15 is 0 Å². The molecule has 146 valence electrons. The second-order valence-corrected chi connectivity index (χ2v) is 8.16. The number of amides is 1. The summed E-state index contributed by atoms with van der Waals surface area (Å²) in [6, 6.07) is 14.7. The van der Waals surface area contributed by atoms with Crippen LogP contribution in [0.3, 0.4) is 0 Å². The second-order valence-electron chi connectivity index (χ2n) is 6.44. The number of benzene rings is 1. The van der Waals surface area contributed by atoms with Crippen LogP contribution in [0.25, 0.3) is 11.4 Å². The van der Waals surface area contributed by atoms with E-state index in [0.717, 1.165) is 17.1 Å². The highest BCUT2D eigenvalue weighted by Crippen LogP contribution is 2.21. The molecule has 0 spiro atoms. The Hall–Kier alpha value is -3.16. The molecule has 0 radical (unpaired) electrons. The van der Waals surface area contributed by atoms with Crippen LogP contribution in [0.5, 0.6) is 0 Å². The summed E-state index contributed by atoms with van der Waals surface area (Å²) in [7, 11) is 0. The Kier molecular flexibility index (Phi) is 5.33. The van der Waals surface area contributed by atoms with Crippen LogP contribution in [0.15, 0.2) is 72.0 Å². The lowest BCUT2D eigenvalue weighted by atomic mass is 10.2. The van der Waals surface area contributed by atoms with Crippen molar-refractivity contribution in [2.45, 2.75) is 13.5 Å². The number of carbonyl (C=O) groups excluding carboxylic acids is 1. The monoisotopic (exact) mass is 424 g/mol. The molecular weight excluding hydrogens is 408 g/mol. The molecule has 29 heavy (non-hydrogen) atoms. The van der Waals surface area contributed by atoms with Crippen LogP contribution in [-0.2, 0) is 6.54 Å². The summed E-state index contributed by atoms with van der Waals surface area (Å²) in [5.41, 5.74) is 3.10. The number of nitrogens with one attached hydrogen (secondary N) is 1. The Morgan fingerprint density at radius 1 is 1.14 bits per heavy atom. The zero-order chi connectivity index (χ0) is 20.4. The van der Waals surface area contributed by atoms with Gasteiger partial charge in [0.25, 0.3) is 11.5 Å². The molecule has 1 N–H and O–H groups in total. The molecule has 0 saturated heterocycles. The lowest BCUT2D eigenvalue weighted by molar-refractivity contribution is 0.0954. The highest BCUT2D eigenvalue weighted by atomic mass is 35.5. The minimum Gasteiger partial charge on any atom is -0.346 e. The average molecular weight is 425 g/mol. The van der Waals surface area contributed by atoms with Crippen molar-refractivity contribution in [2.75, 3.05) is 0 Å². The summed E-state index contributed by atoms with van der Waals surface area (Å²) in [5.74, 6) is -0.176. The lowest BCUT2D eigenvalue weighted by Gasteiger charge is -2.08. The molecule has 6 nitrogen and oxygen atoms in total. The van der Waals surface area contributed by atoms with Gasteiger partial charge in [0.1, 0.15) is 0 Å². The van der Waals surface area contributed by atoms with Crippen molar-refractivity contribution < 1.29 is 4.79 Å². The molecule has 3 aromatic heterocycles. The summed E-state index contributed by atoms with van der Waals surface area (Å²) in [4.78, 5) is 29.3. The average Bonchev–Trinajstić information content (AvgIpc) is 3.38. The smallest absolute Gasteiger partial charge is 0.261 e. The van der Waals surface area contributed by atoms with Crippen LogP contribution in [-0.4, -0.2) is 20.0 Å². The van der Waals surface area contributed by atoms with Crippen LogP contribution in [0.4, 0.5) is 0 Å². The fourth-order valence-electron chi connectivity index (χ4n) is 2.88. The first-order chi connectivity index (χ1) is 14.0. The Morgan fingerprint density at radius 3 is 2.62 bits per heavy atom. The van der Waals surface area contributed by atoms with Gasteiger partial charge in [0, 0.05) is 29.3 Å². The van der Waals surface area contributed by atoms with Gasteiger partial charge in [-0.1, -0.05) is 17.7 Å². The number of pyridine rings is 1. The molecule has 8 heteroatoms. The predicted molar refractivity (Wildman–Crippen MR) is 114 cm³/mol. The van der Waals surface area contributed by atoms with E-state index in [1.807, 2.05) is 41.1 Å². The third-order valence-electron chi connectivity index (χ3n) is 4.43. The first kappa shape index (κ1) is 19.2. The molecular formula is C21H17ClN4O2S. The summed E-state index contributed by atoms with van der Waals surface area (Å²) < 4.78 is 4.06. The fraction of sp³-hybridized carbons (Fsp3) is 0.0952. The van der Waals surface area contributed by atoms with Crippen molar-refractivity contribution in [1.29, 1.82) is 0 Å². The quantitative estimate of drug-likeness (QED) is 0.527. The van der Waals surface area contributed by atoms with Gasteiger partial charge in [-0.25, -0.2) is 4.98 Å². The van der Waals surface area contributed by atoms with Crippen LogP contribution < -0.4 is 10.9 Å². The maximum Gasteiger partial charge on any atom is 0.261 e. The van der Waals surface area contributed by atoms with Gasteiger partial charge in [-0.15, -0.1) is 11.3 Å². The second kappa shape index (κ2) is 8.06. The number of aryl methyl sites for hydroxylation is 1. The number of hydrogen-bond acceptors (Lipinski definition) is 4. The molecule has 3 heterocycles. The van der Waals surface area contributed by atoms with Crippen molar-refractivity contribution in [3.8, 4) is 11.4 Å². The van der Waals surface area contributed by atoms with Gasteiger partial charge in [-0.3, -0.25) is 14.2 Å². The number of hydrogen-bond donors (Lipinski definition) is 1. The summed E-state index contributed by atoms with van der Waals surface area (Å²) in [6.45, 7) is 2.12. The number of imidazole rings is 1. The van der Waals surface area contributed by atoms with Crippen LogP contribution in [0.1, 0.15) is 20.9 Å². The highest BCUT2D eigenvalue weighted by Gasteiger charge is 2.09. The SMILES string of the molecule is Cc1cccn(-c2ccc(-n3cnc(CNC(=O)c4ccc(Cl)s4)c3)cc2)c1=O. The van der Waals surface area contributed by atoms with E-state index in [-0.39, 0.29) is 11.5 Å². The van der Waals surface area contributed by atoms with E-state index < -0.39 is 0 Å². The standard InChI is InChI=1S/C21H17ClN4O2S/c1-14-3-2-10-26(21(14)28)17-6-4-16(5-7-17)25-12-15(24-13-25)11-23-20(27)18-8-9-19(22)29-18/h2-10,12-13H,11H2,1H3,(H,23,27). The third kappa shape index (κ3) is 4.16. The van der Waals surface area contributed by atoms with Crippen LogP contribution >= 0.6 is 22.9 Å². The number of nitrogens with zero attached hydrogens (tertiary/aromatic N) is 3. The molecule has 0 unspecified atom stereocenters. The molecule has 1 amide bonds. The topological polar surface area (TPSA) is 68.9 Å². The third-order valence-corrected chi connectivity index (χ3v) is 5.66. The number of thiophene rings is 1. The largest absolute Gasteiger partial charge is 0.346 e. The van der Waals surface area contributed by atoms with Gasteiger partial charge in [-0.2, -0.15) is 0 Å². The minimum absolute atomic E-state index is 0.0343. The van der Waals surface area contributed by atoms with E-state index in [1.54, 1.807) is 42.2 Å². The van der Waals surface area contributed by atoms with E-state index in [1.165, 1.54) is 11.3 Å². The van der Waals surface area contributed by atoms with Crippen molar-refractivity contribution in [2.24, 2.45) is 0 Å². The van der Waals surface area contributed by atoms with Gasteiger partial charge >= 0.3 is 0 Å². The van der Waals surface area contributed by atoms with Gasteiger partial charge in [-0.05, 0) is 49.4 Å². The number of carbonyl (C=O) groups is 1. The summed E-state index contributed by atoms with van der Waals surface area (Å²) >= 11 is 7.10. The minimum atomic E-state index is -0.176. The van der Waals surface area contributed by atoms with E-state index in [9.17, 15) is 9.59 Å². The molecule has 0 aliphatic carbocycles. The van der Waals surface area contributed by atoms with Crippen molar-refractivity contribution >= 4 is 28.8 Å². The van der Waals surface area contributed by atoms with E-state index in [4.69, 9.17) is 11.6 Å². The van der Waals surface area contributed by atoms with Crippen molar-refractivity contribution in [1.82, 2.24) is 19.4 Å². The molecule has 0 fully saturated rings. The number of halogens is 1. The van der Waals surface area contributed by atoms with Gasteiger partial charge in [0.15, 0.2) is 0 Å². The lowest BCUT2D eigenvalue weighted by Crippen LogP contribution is -2.21. The molecule has 0 atom stereocenters. The first-order valence-electron chi connectivity index (χ1n) is 8.87. The molecule has 1 aromatic carbocycles. The maximum absolute atomic E-state index is 12.3. The number of rotatable bonds is 5. The fourth-order valence-corrected chi connectivity index (χ4v) is 3.84. The zero-order valence-corrected chi connectivity index (χ0v) is 17.1. The van der Waals surface area contributed by atoms with Gasteiger partial charge in [0.2, 0.25) is 0 Å².